The number of nitrogens with two attached hydrogens (primary N) is 1. The van der Waals surface area contributed by atoms with Gasteiger partial charge in [-0.1, -0.05) is 30.3 Å². The fraction of sp³-hybridized carbons (Fsp3) is 0.267. The van der Waals surface area contributed by atoms with Crippen LogP contribution in [0.5, 0.6) is 5.75 Å². The molecule has 0 unspecified atom stereocenters. The maximum absolute atomic E-state index is 5.62. The van der Waals surface area contributed by atoms with Crippen molar-refractivity contribution in [1.29, 1.82) is 0 Å². The fourth-order valence-corrected chi connectivity index (χ4v) is 1.73. The summed E-state index contributed by atoms with van der Waals surface area (Å²) in [7, 11) is 0. The molecule has 1 aromatic carbocycles. The van der Waals surface area contributed by atoms with Gasteiger partial charge in [0.05, 0.1) is 18.5 Å². The minimum Gasteiger partial charge on any atom is -0.492 e. The second kappa shape index (κ2) is 6.77. The molecule has 0 saturated heterocycles. The van der Waals surface area contributed by atoms with Crippen molar-refractivity contribution in [3.8, 4) is 5.75 Å². The SMILES string of the molecule is NCc1ccc(OCCCc2ccccc2)cn1. The zero-order valence-corrected chi connectivity index (χ0v) is 10.4. The van der Waals surface area contributed by atoms with Gasteiger partial charge in [-0.3, -0.25) is 4.98 Å². The average molecular weight is 242 g/mol. The van der Waals surface area contributed by atoms with E-state index in [1.165, 1.54) is 5.56 Å². The van der Waals surface area contributed by atoms with Crippen LogP contribution < -0.4 is 10.5 Å². The molecule has 0 aliphatic carbocycles. The van der Waals surface area contributed by atoms with E-state index in [2.05, 4.69) is 29.2 Å². The summed E-state index contributed by atoms with van der Waals surface area (Å²) < 4.78 is 5.62. The van der Waals surface area contributed by atoms with E-state index in [1.807, 2.05) is 18.2 Å². The summed E-state index contributed by atoms with van der Waals surface area (Å²) >= 11 is 0. The Morgan fingerprint density at radius 2 is 1.89 bits per heavy atom. The van der Waals surface area contributed by atoms with E-state index in [4.69, 9.17) is 10.5 Å². The van der Waals surface area contributed by atoms with Crippen molar-refractivity contribution >= 4 is 0 Å². The number of ether oxygens (including phenoxy) is 1. The topological polar surface area (TPSA) is 48.1 Å². The maximum atomic E-state index is 5.62. The summed E-state index contributed by atoms with van der Waals surface area (Å²) in [6, 6.07) is 14.2. The third-order valence-electron chi connectivity index (χ3n) is 2.73. The number of aromatic nitrogens is 1. The molecular weight excluding hydrogens is 224 g/mol. The van der Waals surface area contributed by atoms with Crippen molar-refractivity contribution in [1.82, 2.24) is 4.98 Å². The fourth-order valence-electron chi connectivity index (χ4n) is 1.73. The van der Waals surface area contributed by atoms with Crippen molar-refractivity contribution in [3.05, 3.63) is 59.9 Å². The minimum absolute atomic E-state index is 0.467. The second-order valence-corrected chi connectivity index (χ2v) is 4.13. The van der Waals surface area contributed by atoms with Gasteiger partial charge in [-0.25, -0.2) is 0 Å². The lowest BCUT2D eigenvalue weighted by atomic mass is 10.1. The number of aryl methyl sites for hydroxylation is 1. The van der Waals surface area contributed by atoms with Gasteiger partial charge in [0.15, 0.2) is 0 Å². The first kappa shape index (κ1) is 12.6. The standard InChI is InChI=1S/C15H18N2O/c16-11-14-8-9-15(12-17-14)18-10-4-7-13-5-2-1-3-6-13/h1-3,5-6,8-9,12H,4,7,10-11,16H2. The van der Waals surface area contributed by atoms with Crippen LogP contribution in [0.25, 0.3) is 0 Å². The number of benzene rings is 1. The van der Waals surface area contributed by atoms with Gasteiger partial charge in [-0.15, -0.1) is 0 Å². The first-order chi connectivity index (χ1) is 8.88. The van der Waals surface area contributed by atoms with Crippen LogP contribution in [0, 0.1) is 0 Å². The Kier molecular flexibility index (Phi) is 4.73. The molecule has 18 heavy (non-hydrogen) atoms. The quantitative estimate of drug-likeness (QED) is 0.792. The highest BCUT2D eigenvalue weighted by atomic mass is 16.5. The molecule has 0 radical (unpaired) electrons. The van der Waals surface area contributed by atoms with Crippen LogP contribution in [0.4, 0.5) is 0 Å². The van der Waals surface area contributed by atoms with Crippen LogP contribution in [0.3, 0.4) is 0 Å². The van der Waals surface area contributed by atoms with Crippen molar-refractivity contribution in [3.63, 3.8) is 0 Å². The van der Waals surface area contributed by atoms with E-state index >= 15 is 0 Å². The monoisotopic (exact) mass is 242 g/mol. The lowest BCUT2D eigenvalue weighted by Gasteiger charge is -2.06. The molecule has 1 aromatic heterocycles. The Hall–Kier alpha value is -1.87. The van der Waals surface area contributed by atoms with Crippen LogP contribution in [-0.4, -0.2) is 11.6 Å². The minimum atomic E-state index is 0.467. The highest BCUT2D eigenvalue weighted by Crippen LogP contribution is 2.10. The smallest absolute Gasteiger partial charge is 0.137 e. The predicted octanol–water partition coefficient (Wildman–Crippen LogP) is 2.55. The average Bonchev–Trinajstić information content (AvgIpc) is 2.45. The van der Waals surface area contributed by atoms with Gasteiger partial charge in [-0.2, -0.15) is 0 Å². The number of pyridine rings is 1. The molecule has 0 bridgehead atoms. The van der Waals surface area contributed by atoms with Gasteiger partial charge in [-0.05, 0) is 30.5 Å². The molecule has 0 amide bonds. The highest BCUT2D eigenvalue weighted by molar-refractivity contribution is 5.19. The summed E-state index contributed by atoms with van der Waals surface area (Å²) in [6.07, 6.45) is 3.77. The molecule has 2 rings (SSSR count). The molecule has 3 heteroatoms. The molecule has 94 valence electrons. The third kappa shape index (κ3) is 3.86. The van der Waals surface area contributed by atoms with Crippen LogP contribution >= 0.6 is 0 Å². The maximum Gasteiger partial charge on any atom is 0.137 e. The van der Waals surface area contributed by atoms with Gasteiger partial charge >= 0.3 is 0 Å². The number of hydrogen-bond donors (Lipinski definition) is 1. The second-order valence-electron chi connectivity index (χ2n) is 4.13. The van der Waals surface area contributed by atoms with Crippen molar-refractivity contribution in [2.45, 2.75) is 19.4 Å². The number of hydrogen-bond acceptors (Lipinski definition) is 3. The Balaban J connectivity index is 1.72. The molecule has 3 nitrogen and oxygen atoms in total. The van der Waals surface area contributed by atoms with E-state index in [-0.39, 0.29) is 0 Å². The van der Waals surface area contributed by atoms with Crippen molar-refractivity contribution in [2.24, 2.45) is 5.73 Å². The molecule has 0 aliphatic heterocycles. The lowest BCUT2D eigenvalue weighted by Crippen LogP contribution is -2.02. The Labute approximate surface area is 108 Å². The van der Waals surface area contributed by atoms with Gasteiger partial charge in [0.1, 0.15) is 5.75 Å². The van der Waals surface area contributed by atoms with Crippen LogP contribution in [0.2, 0.25) is 0 Å². The molecule has 0 spiro atoms. The zero-order valence-electron chi connectivity index (χ0n) is 10.4. The molecule has 0 fully saturated rings. The zero-order chi connectivity index (χ0) is 12.6. The van der Waals surface area contributed by atoms with Crippen LogP contribution in [-0.2, 0) is 13.0 Å². The summed E-state index contributed by atoms with van der Waals surface area (Å²) in [4.78, 5) is 4.18. The molecule has 0 saturated carbocycles. The molecule has 1 heterocycles. The molecule has 0 atom stereocenters. The summed E-state index contributed by atoms with van der Waals surface area (Å²) in [5.74, 6) is 0.806. The normalized spacial score (nSPS) is 10.3. The Bertz CT molecular complexity index is 454. The number of nitrogens with zero attached hydrogens (tertiary/aromatic N) is 1. The summed E-state index contributed by atoms with van der Waals surface area (Å²) in [5.41, 5.74) is 7.71. The largest absolute Gasteiger partial charge is 0.492 e. The molecule has 2 N–H and O–H groups in total. The third-order valence-corrected chi connectivity index (χ3v) is 2.73. The van der Waals surface area contributed by atoms with E-state index in [1.54, 1.807) is 6.20 Å². The van der Waals surface area contributed by atoms with Gasteiger partial charge in [0.2, 0.25) is 0 Å². The summed E-state index contributed by atoms with van der Waals surface area (Å²) in [5, 5.41) is 0. The molecule has 2 aromatic rings. The molecule has 0 aliphatic rings. The van der Waals surface area contributed by atoms with Crippen LogP contribution in [0.15, 0.2) is 48.7 Å². The predicted molar refractivity (Wildman–Crippen MR) is 72.4 cm³/mol. The first-order valence-electron chi connectivity index (χ1n) is 6.20. The lowest BCUT2D eigenvalue weighted by molar-refractivity contribution is 0.309. The van der Waals surface area contributed by atoms with E-state index in [9.17, 15) is 0 Å². The van der Waals surface area contributed by atoms with Crippen molar-refractivity contribution in [2.75, 3.05) is 6.61 Å². The Morgan fingerprint density at radius 1 is 1.06 bits per heavy atom. The van der Waals surface area contributed by atoms with E-state index in [0.717, 1.165) is 24.3 Å². The molecular formula is C15H18N2O. The van der Waals surface area contributed by atoms with Crippen LogP contribution in [0.1, 0.15) is 17.7 Å². The van der Waals surface area contributed by atoms with Gasteiger partial charge < -0.3 is 10.5 Å². The Morgan fingerprint density at radius 3 is 2.56 bits per heavy atom. The highest BCUT2D eigenvalue weighted by Gasteiger charge is 1.96. The van der Waals surface area contributed by atoms with Crippen molar-refractivity contribution < 1.29 is 4.74 Å². The summed E-state index contributed by atoms with van der Waals surface area (Å²) in [6.45, 7) is 1.17. The van der Waals surface area contributed by atoms with Gasteiger partial charge in [0, 0.05) is 6.54 Å². The first-order valence-corrected chi connectivity index (χ1v) is 6.20. The van der Waals surface area contributed by atoms with Gasteiger partial charge in [0.25, 0.3) is 0 Å². The van der Waals surface area contributed by atoms with E-state index in [0.29, 0.717) is 13.2 Å². The van der Waals surface area contributed by atoms with E-state index < -0.39 is 0 Å². The number of rotatable bonds is 6.